The standard InChI is InChI=1S/C17H35NO2Si2/c1-15(2,3)21(8,9)19-13-12-17(7,14-18)20-22(10,11)16(4,5)6/h12-13H,1-11H3/b13-12-/t17-/m0/s1. The molecule has 0 radical (unpaired) electrons. The highest BCUT2D eigenvalue weighted by atomic mass is 28.4. The Hall–Kier alpha value is -0.576. The fourth-order valence-electron chi connectivity index (χ4n) is 1.29. The van der Waals surface area contributed by atoms with E-state index in [9.17, 15) is 5.26 Å². The number of nitriles is 1. The molecule has 0 aromatic carbocycles. The smallest absolute Gasteiger partial charge is 0.249 e. The van der Waals surface area contributed by atoms with Crippen LogP contribution < -0.4 is 0 Å². The molecule has 0 aromatic heterocycles. The van der Waals surface area contributed by atoms with Crippen LogP contribution >= 0.6 is 0 Å². The summed E-state index contributed by atoms with van der Waals surface area (Å²) >= 11 is 0. The summed E-state index contributed by atoms with van der Waals surface area (Å²) in [7, 11) is -3.86. The first kappa shape index (κ1) is 21.4. The lowest BCUT2D eigenvalue weighted by molar-refractivity contribution is 0.175. The first-order chi connectivity index (χ1) is 9.47. The first-order valence-electron chi connectivity index (χ1n) is 7.94. The second kappa shape index (κ2) is 6.50. The molecule has 5 heteroatoms. The highest BCUT2D eigenvalue weighted by Crippen LogP contribution is 2.40. The Morgan fingerprint density at radius 2 is 1.23 bits per heavy atom. The molecule has 0 saturated carbocycles. The average Bonchev–Trinajstić information content (AvgIpc) is 2.24. The molecule has 0 spiro atoms. The summed E-state index contributed by atoms with van der Waals surface area (Å²) in [4.78, 5) is 0. The summed E-state index contributed by atoms with van der Waals surface area (Å²) in [5.74, 6) is 0. The van der Waals surface area contributed by atoms with E-state index in [-0.39, 0.29) is 10.1 Å². The van der Waals surface area contributed by atoms with E-state index in [4.69, 9.17) is 8.85 Å². The van der Waals surface area contributed by atoms with Crippen LogP contribution in [0.3, 0.4) is 0 Å². The first-order valence-corrected chi connectivity index (χ1v) is 13.8. The van der Waals surface area contributed by atoms with Gasteiger partial charge in [0.25, 0.3) is 0 Å². The lowest BCUT2D eigenvalue weighted by Crippen LogP contribution is -2.47. The average molecular weight is 342 g/mol. The molecular weight excluding hydrogens is 306 g/mol. The van der Waals surface area contributed by atoms with E-state index >= 15 is 0 Å². The molecule has 0 aromatic rings. The van der Waals surface area contributed by atoms with E-state index in [2.05, 4.69) is 73.8 Å². The molecule has 0 bridgehead atoms. The number of hydrogen-bond donors (Lipinski definition) is 0. The van der Waals surface area contributed by atoms with Gasteiger partial charge in [-0.2, -0.15) is 5.26 Å². The molecule has 128 valence electrons. The van der Waals surface area contributed by atoms with Crippen molar-refractivity contribution in [1.82, 2.24) is 0 Å². The van der Waals surface area contributed by atoms with Gasteiger partial charge < -0.3 is 8.85 Å². The molecule has 0 rings (SSSR count). The molecular formula is C17H35NO2Si2. The summed E-state index contributed by atoms with van der Waals surface area (Å²) in [6.45, 7) is 23.6. The minimum absolute atomic E-state index is 0.0687. The molecule has 3 nitrogen and oxygen atoms in total. The van der Waals surface area contributed by atoms with Crippen LogP contribution in [0.15, 0.2) is 12.3 Å². The van der Waals surface area contributed by atoms with Crippen molar-refractivity contribution >= 4 is 16.6 Å². The van der Waals surface area contributed by atoms with Crippen LogP contribution in [-0.2, 0) is 8.85 Å². The van der Waals surface area contributed by atoms with Gasteiger partial charge in [0.15, 0.2) is 13.9 Å². The van der Waals surface area contributed by atoms with Gasteiger partial charge in [-0.3, -0.25) is 0 Å². The SMILES string of the molecule is CC(C)(C)[Si](C)(C)O/C=C\[C@@](C)(C#N)O[Si](C)(C)C(C)(C)C. The quantitative estimate of drug-likeness (QED) is 0.467. The monoisotopic (exact) mass is 341 g/mol. The Labute approximate surface area is 140 Å². The van der Waals surface area contributed by atoms with E-state index in [1.165, 1.54) is 0 Å². The van der Waals surface area contributed by atoms with Crippen molar-refractivity contribution in [3.8, 4) is 6.07 Å². The maximum Gasteiger partial charge on any atom is 0.249 e. The Bertz CT molecular complexity index is 451. The van der Waals surface area contributed by atoms with Crippen LogP contribution in [0.4, 0.5) is 0 Å². The largest absolute Gasteiger partial charge is 0.549 e. The van der Waals surface area contributed by atoms with Crippen molar-refractivity contribution in [2.24, 2.45) is 0 Å². The zero-order chi connectivity index (χ0) is 18.0. The highest BCUT2D eigenvalue weighted by Gasteiger charge is 2.43. The molecule has 0 saturated heterocycles. The van der Waals surface area contributed by atoms with Gasteiger partial charge >= 0.3 is 0 Å². The van der Waals surface area contributed by atoms with Gasteiger partial charge in [-0.15, -0.1) is 0 Å². The van der Waals surface area contributed by atoms with Gasteiger partial charge in [-0.25, -0.2) is 0 Å². The molecule has 0 N–H and O–H groups in total. The summed E-state index contributed by atoms with van der Waals surface area (Å²) in [5.41, 5.74) is -0.939. The zero-order valence-corrected chi connectivity index (χ0v) is 18.4. The Balaban J connectivity index is 5.15. The topological polar surface area (TPSA) is 42.2 Å². The second-order valence-corrected chi connectivity index (χ2v) is 18.7. The molecule has 0 aliphatic rings. The third kappa shape index (κ3) is 5.56. The Morgan fingerprint density at radius 1 is 0.818 bits per heavy atom. The van der Waals surface area contributed by atoms with Crippen molar-refractivity contribution in [3.63, 3.8) is 0 Å². The van der Waals surface area contributed by atoms with E-state index in [1.807, 2.05) is 6.92 Å². The number of nitrogens with zero attached hydrogens (tertiary/aromatic N) is 1. The maximum absolute atomic E-state index is 9.56. The lowest BCUT2D eigenvalue weighted by atomic mass is 10.1. The molecule has 0 aliphatic heterocycles. The minimum atomic E-state index is -2.01. The van der Waals surface area contributed by atoms with E-state index in [0.29, 0.717) is 0 Å². The molecule has 0 amide bonds. The predicted molar refractivity (Wildman–Crippen MR) is 99.7 cm³/mol. The number of rotatable bonds is 5. The van der Waals surface area contributed by atoms with E-state index in [0.717, 1.165) is 0 Å². The Kier molecular flexibility index (Phi) is 6.33. The third-order valence-electron chi connectivity index (χ3n) is 5.05. The highest BCUT2D eigenvalue weighted by molar-refractivity contribution is 6.74. The molecule has 1 atom stereocenters. The molecule has 0 unspecified atom stereocenters. The van der Waals surface area contributed by atoms with Crippen LogP contribution in [0.1, 0.15) is 48.5 Å². The van der Waals surface area contributed by atoms with Crippen molar-refractivity contribution in [2.75, 3.05) is 0 Å². The van der Waals surface area contributed by atoms with Crippen LogP contribution in [0.25, 0.3) is 0 Å². The van der Waals surface area contributed by atoms with E-state index in [1.54, 1.807) is 12.3 Å². The zero-order valence-electron chi connectivity index (χ0n) is 16.4. The lowest BCUT2D eigenvalue weighted by Gasteiger charge is -2.40. The Morgan fingerprint density at radius 3 is 1.55 bits per heavy atom. The van der Waals surface area contributed by atoms with Gasteiger partial charge in [-0.05, 0) is 49.3 Å². The molecule has 0 aliphatic carbocycles. The summed E-state index contributed by atoms with van der Waals surface area (Å²) < 4.78 is 12.3. The molecule has 0 fully saturated rings. The molecule has 22 heavy (non-hydrogen) atoms. The minimum Gasteiger partial charge on any atom is -0.549 e. The van der Waals surface area contributed by atoms with E-state index < -0.39 is 22.2 Å². The summed E-state index contributed by atoms with van der Waals surface area (Å²) in [6, 6.07) is 2.29. The van der Waals surface area contributed by atoms with Gasteiger partial charge in [0.05, 0.1) is 6.26 Å². The maximum atomic E-state index is 9.56. The van der Waals surface area contributed by atoms with Crippen molar-refractivity contribution in [1.29, 1.82) is 5.26 Å². The molecule has 0 heterocycles. The van der Waals surface area contributed by atoms with Gasteiger partial charge in [-0.1, -0.05) is 41.5 Å². The summed E-state index contributed by atoms with van der Waals surface area (Å²) in [5, 5.41) is 9.76. The van der Waals surface area contributed by atoms with Crippen molar-refractivity contribution in [2.45, 2.75) is 90.3 Å². The second-order valence-electron chi connectivity index (χ2n) is 9.26. The van der Waals surface area contributed by atoms with Gasteiger partial charge in [0, 0.05) is 0 Å². The van der Waals surface area contributed by atoms with Crippen LogP contribution in [0.2, 0.25) is 36.3 Å². The van der Waals surface area contributed by atoms with Crippen LogP contribution in [-0.4, -0.2) is 22.2 Å². The van der Waals surface area contributed by atoms with Crippen LogP contribution in [0, 0.1) is 11.3 Å². The van der Waals surface area contributed by atoms with Gasteiger partial charge in [0.2, 0.25) is 8.32 Å². The predicted octanol–water partition coefficient (Wildman–Crippen LogP) is 5.83. The fraction of sp³-hybridized carbons (Fsp3) is 0.824. The van der Waals surface area contributed by atoms with Crippen LogP contribution in [0.5, 0.6) is 0 Å². The fourth-order valence-corrected chi connectivity index (χ4v) is 3.53. The third-order valence-corrected chi connectivity index (χ3v) is 13.9. The van der Waals surface area contributed by atoms with Gasteiger partial charge in [0.1, 0.15) is 6.07 Å². The number of hydrogen-bond acceptors (Lipinski definition) is 3. The normalized spacial score (nSPS) is 17.2. The van der Waals surface area contributed by atoms with Crippen molar-refractivity contribution in [3.05, 3.63) is 12.3 Å². The summed E-state index contributed by atoms with van der Waals surface area (Å²) in [6.07, 6.45) is 3.46. The van der Waals surface area contributed by atoms with Crippen molar-refractivity contribution < 1.29 is 8.85 Å².